The Morgan fingerprint density at radius 3 is 2.76 bits per heavy atom. The number of carbonyl (C=O) groups is 1. The average molecular weight is 473 g/mol. The van der Waals surface area contributed by atoms with Crippen molar-refractivity contribution in [3.05, 3.63) is 58.5 Å². The Hall–Kier alpha value is -2.68. The van der Waals surface area contributed by atoms with Gasteiger partial charge in [0.05, 0.1) is 43.6 Å². The monoisotopic (exact) mass is 472 g/mol. The number of aliphatic hydroxyl groups is 1. The summed E-state index contributed by atoms with van der Waals surface area (Å²) in [6.45, 7) is 6.07. The molecule has 0 spiro atoms. The molecule has 1 saturated heterocycles. The highest BCUT2D eigenvalue weighted by Crippen LogP contribution is 2.30. The molecular formula is C24H29ClN4O4. The van der Waals surface area contributed by atoms with Gasteiger partial charge >= 0.3 is 0 Å². The van der Waals surface area contributed by atoms with Crippen molar-refractivity contribution in [3.63, 3.8) is 0 Å². The van der Waals surface area contributed by atoms with E-state index in [-0.39, 0.29) is 19.1 Å². The van der Waals surface area contributed by atoms with Crippen molar-refractivity contribution >= 4 is 23.2 Å². The van der Waals surface area contributed by atoms with Gasteiger partial charge in [-0.1, -0.05) is 23.7 Å². The van der Waals surface area contributed by atoms with Crippen LogP contribution in [0.3, 0.4) is 0 Å². The van der Waals surface area contributed by atoms with E-state index in [4.69, 9.17) is 21.1 Å². The number of aliphatic hydroxyl groups excluding tert-OH is 1. The molecule has 0 bridgehead atoms. The first-order chi connectivity index (χ1) is 15.6. The zero-order valence-electron chi connectivity index (χ0n) is 19.3. The second-order valence-corrected chi connectivity index (χ2v) is 9.75. The van der Waals surface area contributed by atoms with Gasteiger partial charge in [0.25, 0.3) is 5.91 Å². The summed E-state index contributed by atoms with van der Waals surface area (Å²) in [4.78, 5) is 19.8. The lowest BCUT2D eigenvalue weighted by Crippen LogP contribution is -2.64. The lowest BCUT2D eigenvalue weighted by Gasteiger charge is -2.49. The average Bonchev–Trinajstić information content (AvgIpc) is 3.21. The molecule has 8 nitrogen and oxygen atoms in total. The third-order valence-electron chi connectivity index (χ3n) is 5.99. The lowest BCUT2D eigenvalue weighted by molar-refractivity contribution is -0.144. The van der Waals surface area contributed by atoms with Crippen LogP contribution in [0.4, 0.5) is 0 Å². The van der Waals surface area contributed by atoms with E-state index in [1.54, 1.807) is 28.8 Å². The number of rotatable bonds is 6. The number of fused-ring (bicyclic) bond motifs is 1. The van der Waals surface area contributed by atoms with Crippen LogP contribution in [0, 0.1) is 0 Å². The van der Waals surface area contributed by atoms with E-state index in [0.29, 0.717) is 40.8 Å². The highest BCUT2D eigenvalue weighted by molar-refractivity contribution is 6.30. The van der Waals surface area contributed by atoms with Gasteiger partial charge < -0.3 is 19.5 Å². The number of morpholine rings is 1. The first-order valence-corrected chi connectivity index (χ1v) is 11.3. The zero-order chi connectivity index (χ0) is 23.8. The number of halogens is 1. The standard InChI is InChI=1S/C24H29ClN4O4/c1-23(2)13-28(24(3,14-30)15-33-23)22(31)17-11-19(32-4)21-26-20(27-29(21)12-17)9-8-16-6-5-7-18(25)10-16/h5-7,10-12,30H,8-9,13-15H2,1-4H3. The molecule has 1 amide bonds. The summed E-state index contributed by atoms with van der Waals surface area (Å²) in [5.41, 5.74) is 0.714. The van der Waals surface area contributed by atoms with Crippen LogP contribution in [0.1, 0.15) is 42.5 Å². The van der Waals surface area contributed by atoms with Crippen molar-refractivity contribution in [2.24, 2.45) is 0 Å². The molecule has 1 atom stereocenters. The number of methoxy groups -OCH3 is 1. The number of aromatic nitrogens is 3. The smallest absolute Gasteiger partial charge is 0.256 e. The Morgan fingerprint density at radius 1 is 1.27 bits per heavy atom. The van der Waals surface area contributed by atoms with Crippen molar-refractivity contribution < 1.29 is 19.4 Å². The van der Waals surface area contributed by atoms with Crippen LogP contribution in [-0.4, -0.2) is 68.5 Å². The summed E-state index contributed by atoms with van der Waals surface area (Å²) < 4.78 is 13.0. The summed E-state index contributed by atoms with van der Waals surface area (Å²) >= 11 is 6.08. The van der Waals surface area contributed by atoms with Gasteiger partial charge in [0.15, 0.2) is 17.2 Å². The summed E-state index contributed by atoms with van der Waals surface area (Å²) in [5.74, 6) is 0.880. The van der Waals surface area contributed by atoms with Crippen molar-refractivity contribution in [1.82, 2.24) is 19.5 Å². The molecule has 3 heterocycles. The predicted octanol–water partition coefficient (Wildman–Crippen LogP) is 3.18. The van der Waals surface area contributed by atoms with Crippen LogP contribution >= 0.6 is 11.6 Å². The van der Waals surface area contributed by atoms with Gasteiger partial charge in [-0.05, 0) is 51.0 Å². The molecule has 9 heteroatoms. The van der Waals surface area contributed by atoms with Crippen molar-refractivity contribution in [2.45, 2.75) is 44.8 Å². The Kier molecular flexibility index (Phi) is 6.35. The molecule has 3 aromatic rings. The third-order valence-corrected chi connectivity index (χ3v) is 6.22. The Morgan fingerprint density at radius 2 is 2.06 bits per heavy atom. The number of ether oxygens (including phenoxy) is 2. The van der Waals surface area contributed by atoms with Gasteiger partial charge in [0.1, 0.15) is 0 Å². The number of nitrogens with zero attached hydrogens (tertiary/aromatic N) is 4. The van der Waals surface area contributed by atoms with Crippen molar-refractivity contribution in [3.8, 4) is 5.75 Å². The van der Waals surface area contributed by atoms with Gasteiger partial charge in [0.2, 0.25) is 0 Å². The Balaban J connectivity index is 1.63. The van der Waals surface area contributed by atoms with Gasteiger partial charge in [0, 0.05) is 17.6 Å². The normalized spacial score (nSPS) is 20.2. The van der Waals surface area contributed by atoms with E-state index < -0.39 is 11.1 Å². The van der Waals surface area contributed by atoms with Gasteiger partial charge in [-0.3, -0.25) is 4.79 Å². The van der Waals surface area contributed by atoms with Crippen molar-refractivity contribution in [1.29, 1.82) is 0 Å². The summed E-state index contributed by atoms with van der Waals surface area (Å²) in [6, 6.07) is 9.38. The summed E-state index contributed by atoms with van der Waals surface area (Å²) in [7, 11) is 1.54. The second kappa shape index (κ2) is 8.93. The number of carbonyl (C=O) groups excluding carboxylic acids is 1. The zero-order valence-corrected chi connectivity index (χ0v) is 20.1. The largest absolute Gasteiger partial charge is 0.493 e. The first-order valence-electron chi connectivity index (χ1n) is 10.9. The number of pyridine rings is 1. The maximum absolute atomic E-state index is 13.6. The van der Waals surface area contributed by atoms with Crippen molar-refractivity contribution in [2.75, 3.05) is 26.9 Å². The fourth-order valence-electron chi connectivity index (χ4n) is 3.97. The molecule has 1 unspecified atom stereocenters. The lowest BCUT2D eigenvalue weighted by atomic mass is 9.94. The van der Waals surface area contributed by atoms with E-state index in [9.17, 15) is 9.90 Å². The number of benzene rings is 1. The molecule has 176 valence electrons. The van der Waals surface area contributed by atoms with Gasteiger partial charge in [-0.2, -0.15) is 5.10 Å². The SMILES string of the molecule is COc1cc(C(=O)N2CC(C)(C)OCC2(C)CO)cn2nc(CCc3cccc(Cl)c3)nc12. The molecule has 1 N–H and O–H groups in total. The van der Waals surface area contributed by atoms with E-state index >= 15 is 0 Å². The van der Waals surface area contributed by atoms with E-state index in [1.165, 1.54) is 0 Å². The molecule has 1 aromatic carbocycles. The Labute approximate surface area is 198 Å². The second-order valence-electron chi connectivity index (χ2n) is 9.32. The third kappa shape index (κ3) is 4.83. The molecule has 4 rings (SSSR count). The van der Waals surface area contributed by atoms with Gasteiger partial charge in [-0.15, -0.1) is 0 Å². The number of hydrogen-bond acceptors (Lipinski definition) is 6. The highest BCUT2D eigenvalue weighted by atomic mass is 35.5. The maximum atomic E-state index is 13.6. The first kappa shape index (κ1) is 23.5. The molecule has 0 radical (unpaired) electrons. The van der Waals surface area contributed by atoms with Crippen LogP contribution in [0.25, 0.3) is 5.65 Å². The number of aryl methyl sites for hydroxylation is 2. The summed E-state index contributed by atoms with van der Waals surface area (Å²) in [5, 5.41) is 15.3. The van der Waals surface area contributed by atoms with Crippen LogP contribution in [0.5, 0.6) is 5.75 Å². The molecule has 1 aliphatic heterocycles. The summed E-state index contributed by atoms with van der Waals surface area (Å²) in [6.07, 6.45) is 3.02. The minimum atomic E-state index is -0.820. The molecule has 1 fully saturated rings. The molecule has 2 aromatic heterocycles. The highest BCUT2D eigenvalue weighted by Gasteiger charge is 2.44. The molecule has 0 aliphatic carbocycles. The maximum Gasteiger partial charge on any atom is 0.256 e. The molecule has 33 heavy (non-hydrogen) atoms. The van der Waals surface area contributed by atoms with E-state index in [0.717, 1.165) is 12.0 Å². The number of amides is 1. The minimum Gasteiger partial charge on any atom is -0.493 e. The topological polar surface area (TPSA) is 89.2 Å². The fraction of sp³-hybridized carbons (Fsp3) is 0.458. The predicted molar refractivity (Wildman–Crippen MR) is 125 cm³/mol. The van der Waals surface area contributed by atoms with E-state index in [1.807, 2.05) is 45.0 Å². The van der Waals surface area contributed by atoms with Crippen LogP contribution < -0.4 is 4.74 Å². The van der Waals surface area contributed by atoms with E-state index in [2.05, 4.69) is 10.1 Å². The molecule has 0 saturated carbocycles. The van der Waals surface area contributed by atoms with Crippen LogP contribution in [0.15, 0.2) is 36.5 Å². The van der Waals surface area contributed by atoms with Crippen LogP contribution in [0.2, 0.25) is 5.02 Å². The van der Waals surface area contributed by atoms with Gasteiger partial charge in [-0.25, -0.2) is 9.50 Å². The minimum absolute atomic E-state index is 0.203. The van der Waals surface area contributed by atoms with Crippen LogP contribution in [-0.2, 0) is 17.6 Å². The Bertz CT molecular complexity index is 1180. The molecular weight excluding hydrogens is 444 g/mol. The number of hydrogen-bond donors (Lipinski definition) is 1. The quantitative estimate of drug-likeness (QED) is 0.592. The fourth-order valence-corrected chi connectivity index (χ4v) is 4.18. The molecule has 1 aliphatic rings.